The van der Waals surface area contributed by atoms with Crippen molar-refractivity contribution in [1.29, 1.82) is 0 Å². The first-order chi connectivity index (χ1) is 13.8. The molecular weight excluding hydrogens is 418 g/mol. The number of rotatable bonds is 8. The van der Waals surface area contributed by atoms with Gasteiger partial charge in [0.25, 0.3) is 5.69 Å². The van der Waals surface area contributed by atoms with E-state index in [9.17, 15) is 18.5 Å². The molecule has 1 unspecified atom stereocenters. The van der Waals surface area contributed by atoms with Crippen LogP contribution in [0.25, 0.3) is 0 Å². The van der Waals surface area contributed by atoms with Crippen LogP contribution in [0.2, 0.25) is 5.02 Å². The van der Waals surface area contributed by atoms with Gasteiger partial charge in [-0.25, -0.2) is 13.1 Å². The third-order valence-electron chi connectivity index (χ3n) is 4.96. The van der Waals surface area contributed by atoms with E-state index >= 15 is 0 Å². The standard InChI is InChI=1S/C19H22ClN3O5S/c1-28-16-7-4-14(5-8-16)18(22-10-2-3-11-22)13-21-29(26,27)19-9-6-15(20)12-17(19)23(24)25/h4-9,12,18,21H,2-3,10-11,13H2,1H3. The summed E-state index contributed by atoms with van der Waals surface area (Å²) in [4.78, 5) is 12.3. The minimum atomic E-state index is -4.10. The molecule has 1 fully saturated rings. The Labute approximate surface area is 174 Å². The van der Waals surface area contributed by atoms with Gasteiger partial charge >= 0.3 is 0 Å². The molecule has 29 heavy (non-hydrogen) atoms. The number of nitrogens with one attached hydrogen (secondary N) is 1. The Balaban J connectivity index is 1.86. The van der Waals surface area contributed by atoms with Gasteiger partial charge in [0, 0.05) is 23.7 Å². The van der Waals surface area contributed by atoms with E-state index in [0.29, 0.717) is 5.75 Å². The SMILES string of the molecule is COc1ccc(C(CNS(=O)(=O)c2ccc(Cl)cc2[N+](=O)[O-])N2CCCC2)cc1. The van der Waals surface area contributed by atoms with Crippen molar-refractivity contribution < 1.29 is 18.1 Å². The lowest BCUT2D eigenvalue weighted by Gasteiger charge is -2.28. The highest BCUT2D eigenvalue weighted by Crippen LogP contribution is 2.29. The van der Waals surface area contributed by atoms with E-state index in [0.717, 1.165) is 43.6 Å². The van der Waals surface area contributed by atoms with Gasteiger partial charge in [0.05, 0.1) is 12.0 Å². The van der Waals surface area contributed by atoms with Crippen molar-refractivity contribution in [3.05, 3.63) is 63.2 Å². The highest BCUT2D eigenvalue weighted by atomic mass is 35.5. The molecule has 0 amide bonds. The number of hydrogen-bond acceptors (Lipinski definition) is 6. The number of hydrogen-bond donors (Lipinski definition) is 1. The fourth-order valence-corrected chi connectivity index (χ4v) is 4.82. The summed E-state index contributed by atoms with van der Waals surface area (Å²) in [5.74, 6) is 0.714. The van der Waals surface area contributed by atoms with E-state index in [1.807, 2.05) is 24.3 Å². The zero-order valence-corrected chi connectivity index (χ0v) is 17.4. The summed E-state index contributed by atoms with van der Waals surface area (Å²) in [6.07, 6.45) is 2.09. The largest absolute Gasteiger partial charge is 0.497 e. The van der Waals surface area contributed by atoms with Gasteiger partial charge < -0.3 is 4.74 Å². The summed E-state index contributed by atoms with van der Waals surface area (Å²) in [6, 6.07) is 10.8. The number of nitro groups is 1. The molecule has 2 aromatic rings. The molecule has 2 aromatic carbocycles. The van der Waals surface area contributed by atoms with E-state index in [4.69, 9.17) is 16.3 Å². The van der Waals surface area contributed by atoms with Crippen LogP contribution in [-0.4, -0.2) is 45.0 Å². The van der Waals surface area contributed by atoms with Gasteiger partial charge in [0.2, 0.25) is 10.0 Å². The van der Waals surface area contributed by atoms with Crippen molar-refractivity contribution in [2.24, 2.45) is 0 Å². The van der Waals surface area contributed by atoms with Crippen LogP contribution in [-0.2, 0) is 10.0 Å². The lowest BCUT2D eigenvalue weighted by atomic mass is 10.1. The number of nitro benzene ring substituents is 1. The molecule has 0 radical (unpaired) electrons. The topological polar surface area (TPSA) is 102 Å². The molecule has 1 heterocycles. The van der Waals surface area contributed by atoms with Gasteiger partial charge in [-0.2, -0.15) is 0 Å². The maximum Gasteiger partial charge on any atom is 0.290 e. The van der Waals surface area contributed by atoms with Gasteiger partial charge in [0.1, 0.15) is 5.75 Å². The van der Waals surface area contributed by atoms with Gasteiger partial charge in [-0.3, -0.25) is 15.0 Å². The summed E-state index contributed by atoms with van der Waals surface area (Å²) >= 11 is 5.79. The number of nitrogens with zero attached hydrogens (tertiary/aromatic N) is 2. The highest BCUT2D eigenvalue weighted by molar-refractivity contribution is 7.89. The predicted octanol–water partition coefficient (Wildman–Crippen LogP) is 3.37. The van der Waals surface area contributed by atoms with E-state index in [2.05, 4.69) is 9.62 Å². The third-order valence-corrected chi connectivity index (χ3v) is 6.66. The van der Waals surface area contributed by atoms with Crippen molar-refractivity contribution in [2.45, 2.75) is 23.8 Å². The number of likely N-dealkylation sites (tertiary alicyclic amines) is 1. The zero-order chi connectivity index (χ0) is 21.0. The lowest BCUT2D eigenvalue weighted by molar-refractivity contribution is -0.387. The summed E-state index contributed by atoms with van der Waals surface area (Å²) in [5.41, 5.74) is 0.396. The van der Waals surface area contributed by atoms with Gasteiger partial charge in [0.15, 0.2) is 4.90 Å². The minimum Gasteiger partial charge on any atom is -0.497 e. The fraction of sp³-hybridized carbons (Fsp3) is 0.368. The first-order valence-corrected chi connectivity index (χ1v) is 11.0. The fourth-order valence-electron chi connectivity index (χ4n) is 3.46. The Hall–Kier alpha value is -2.20. The van der Waals surface area contributed by atoms with Crippen LogP contribution in [0.4, 0.5) is 5.69 Å². The normalized spacial score (nSPS) is 15.9. The number of halogens is 1. The average molecular weight is 440 g/mol. The molecule has 1 saturated heterocycles. The van der Waals surface area contributed by atoms with Crippen LogP contribution in [0.3, 0.4) is 0 Å². The molecule has 0 aliphatic carbocycles. The second-order valence-corrected chi connectivity index (χ2v) is 8.92. The highest BCUT2D eigenvalue weighted by Gasteiger charge is 2.29. The maximum atomic E-state index is 12.8. The predicted molar refractivity (Wildman–Crippen MR) is 110 cm³/mol. The molecule has 1 N–H and O–H groups in total. The molecule has 3 rings (SSSR count). The Morgan fingerprint density at radius 2 is 1.86 bits per heavy atom. The van der Waals surface area contributed by atoms with Crippen LogP contribution in [0, 0.1) is 10.1 Å². The smallest absolute Gasteiger partial charge is 0.290 e. The molecule has 0 saturated carbocycles. The molecule has 0 bridgehead atoms. The molecule has 10 heteroatoms. The Morgan fingerprint density at radius 3 is 2.45 bits per heavy atom. The molecule has 1 aliphatic rings. The van der Waals surface area contributed by atoms with Crippen molar-refractivity contribution in [2.75, 3.05) is 26.7 Å². The summed E-state index contributed by atoms with van der Waals surface area (Å²) in [7, 11) is -2.52. The summed E-state index contributed by atoms with van der Waals surface area (Å²) in [6.45, 7) is 1.81. The van der Waals surface area contributed by atoms with Gasteiger partial charge in [-0.1, -0.05) is 23.7 Å². The van der Waals surface area contributed by atoms with Crippen LogP contribution in [0.1, 0.15) is 24.4 Å². The van der Waals surface area contributed by atoms with Crippen molar-refractivity contribution in [3.63, 3.8) is 0 Å². The number of methoxy groups -OCH3 is 1. The van der Waals surface area contributed by atoms with E-state index < -0.39 is 25.5 Å². The summed E-state index contributed by atoms with van der Waals surface area (Å²) < 4.78 is 33.4. The number of benzene rings is 2. The molecule has 1 aliphatic heterocycles. The molecule has 156 valence electrons. The molecular formula is C19H22ClN3O5S. The monoisotopic (exact) mass is 439 g/mol. The van der Waals surface area contributed by atoms with Gasteiger partial charge in [-0.05, 0) is 55.8 Å². The third kappa shape index (κ3) is 5.05. The Morgan fingerprint density at radius 1 is 1.21 bits per heavy atom. The zero-order valence-electron chi connectivity index (χ0n) is 15.9. The maximum absolute atomic E-state index is 12.8. The van der Waals surface area contributed by atoms with E-state index in [1.165, 1.54) is 6.07 Å². The molecule has 1 atom stereocenters. The van der Waals surface area contributed by atoms with Crippen molar-refractivity contribution in [3.8, 4) is 5.75 Å². The molecule has 0 spiro atoms. The minimum absolute atomic E-state index is 0.0917. The van der Waals surface area contributed by atoms with E-state index in [-0.39, 0.29) is 17.6 Å². The van der Waals surface area contributed by atoms with Crippen molar-refractivity contribution in [1.82, 2.24) is 9.62 Å². The van der Waals surface area contributed by atoms with Crippen LogP contribution in [0.15, 0.2) is 47.4 Å². The van der Waals surface area contributed by atoms with Crippen molar-refractivity contribution >= 4 is 27.3 Å². The lowest BCUT2D eigenvalue weighted by Crippen LogP contribution is -2.37. The van der Waals surface area contributed by atoms with Crippen LogP contribution >= 0.6 is 11.6 Å². The number of ether oxygens (including phenoxy) is 1. The molecule has 8 nitrogen and oxygen atoms in total. The van der Waals surface area contributed by atoms with Crippen LogP contribution in [0.5, 0.6) is 5.75 Å². The summed E-state index contributed by atoms with van der Waals surface area (Å²) in [5, 5.41) is 11.4. The quantitative estimate of drug-likeness (QED) is 0.499. The average Bonchev–Trinajstić information content (AvgIpc) is 3.22. The first-order valence-electron chi connectivity index (χ1n) is 9.13. The molecule has 0 aromatic heterocycles. The first kappa shape index (κ1) is 21.5. The van der Waals surface area contributed by atoms with Crippen LogP contribution < -0.4 is 9.46 Å². The van der Waals surface area contributed by atoms with Gasteiger partial charge in [-0.15, -0.1) is 0 Å². The number of sulfonamides is 1. The van der Waals surface area contributed by atoms with E-state index in [1.54, 1.807) is 7.11 Å². The Kier molecular flexibility index (Phi) is 6.74. The second-order valence-electron chi connectivity index (χ2n) is 6.75. The second kappa shape index (κ2) is 9.08. The Bertz CT molecular complexity index is 976.